The van der Waals surface area contributed by atoms with Crippen molar-refractivity contribution in [3.8, 4) is 0 Å². The van der Waals surface area contributed by atoms with Gasteiger partial charge in [0.15, 0.2) is 0 Å². The van der Waals surface area contributed by atoms with E-state index in [1.165, 1.54) is 0 Å². The summed E-state index contributed by atoms with van der Waals surface area (Å²) in [5.41, 5.74) is 2.64. The van der Waals surface area contributed by atoms with Crippen molar-refractivity contribution in [1.29, 1.82) is 0 Å². The summed E-state index contributed by atoms with van der Waals surface area (Å²) in [6.45, 7) is 8.32. The van der Waals surface area contributed by atoms with Gasteiger partial charge in [-0.2, -0.15) is 5.10 Å². The van der Waals surface area contributed by atoms with Crippen LogP contribution in [0.5, 0.6) is 0 Å². The zero-order valence-electron chi connectivity index (χ0n) is 16.1. The molecule has 1 fully saturated rings. The number of hydrogen-bond donors (Lipinski definition) is 2. The molecule has 1 amide bonds. The molecule has 0 unspecified atom stereocenters. The normalized spacial score (nSPS) is 17.1. The van der Waals surface area contributed by atoms with Crippen LogP contribution in [-0.2, 0) is 16.9 Å². The number of nitrogens with one attached hydrogen (secondary N) is 1. The lowest BCUT2D eigenvalue weighted by Crippen LogP contribution is -2.45. The average Bonchev–Trinajstić information content (AvgIpc) is 2.92. The Morgan fingerprint density at radius 2 is 1.89 bits per heavy atom. The molecule has 146 valence electrons. The van der Waals surface area contributed by atoms with Gasteiger partial charge in [0.25, 0.3) is 0 Å². The number of aromatic nitrogens is 2. The number of aryl methyl sites for hydroxylation is 2. The molecule has 0 atom stereocenters. The van der Waals surface area contributed by atoms with Crippen LogP contribution in [0.4, 0.5) is 5.69 Å². The Morgan fingerprint density at radius 3 is 2.44 bits per heavy atom. The van der Waals surface area contributed by atoms with E-state index < -0.39 is 5.60 Å². The van der Waals surface area contributed by atoms with E-state index in [4.69, 9.17) is 11.6 Å². The highest BCUT2D eigenvalue weighted by Crippen LogP contribution is 2.33. The molecular weight excluding hydrogens is 364 g/mol. The molecule has 1 aliphatic heterocycles. The molecule has 0 aliphatic carbocycles. The summed E-state index contributed by atoms with van der Waals surface area (Å²) in [5.74, 6) is -0.0474. The number of piperidine rings is 1. The SMILES string of the molecule is CCn1nc(C)c(NC(=O)CN2CCC(O)(c3ccc(Cl)cc3)CC2)c1C. The Labute approximate surface area is 165 Å². The van der Waals surface area contributed by atoms with Crippen LogP contribution in [0.3, 0.4) is 0 Å². The number of carbonyl (C=O) groups is 1. The van der Waals surface area contributed by atoms with Crippen molar-refractivity contribution in [3.63, 3.8) is 0 Å². The third-order valence-corrected chi connectivity index (χ3v) is 5.63. The van der Waals surface area contributed by atoms with E-state index in [1.807, 2.05) is 37.6 Å². The maximum atomic E-state index is 12.5. The van der Waals surface area contributed by atoms with Crippen LogP contribution < -0.4 is 5.32 Å². The first-order valence-electron chi connectivity index (χ1n) is 9.37. The van der Waals surface area contributed by atoms with Gasteiger partial charge in [0.2, 0.25) is 5.91 Å². The number of nitrogens with zero attached hydrogens (tertiary/aromatic N) is 3. The van der Waals surface area contributed by atoms with E-state index in [1.54, 1.807) is 12.1 Å². The molecule has 27 heavy (non-hydrogen) atoms. The Morgan fingerprint density at radius 1 is 1.26 bits per heavy atom. The zero-order chi connectivity index (χ0) is 19.6. The van der Waals surface area contributed by atoms with Gasteiger partial charge in [-0.15, -0.1) is 0 Å². The molecule has 0 saturated carbocycles. The van der Waals surface area contributed by atoms with Crippen LogP contribution in [0.1, 0.15) is 36.7 Å². The summed E-state index contributed by atoms with van der Waals surface area (Å²) < 4.78 is 1.89. The number of hydrogen-bond acceptors (Lipinski definition) is 4. The van der Waals surface area contributed by atoms with Crippen molar-refractivity contribution in [2.45, 2.75) is 45.8 Å². The van der Waals surface area contributed by atoms with E-state index in [2.05, 4.69) is 15.3 Å². The second-order valence-corrected chi connectivity index (χ2v) is 7.66. The van der Waals surface area contributed by atoms with E-state index in [-0.39, 0.29) is 5.91 Å². The third kappa shape index (κ3) is 4.34. The number of rotatable bonds is 5. The topological polar surface area (TPSA) is 70.4 Å². The minimum atomic E-state index is -0.854. The van der Waals surface area contributed by atoms with Gasteiger partial charge in [-0.1, -0.05) is 23.7 Å². The van der Waals surface area contributed by atoms with Gasteiger partial charge in [-0.3, -0.25) is 14.4 Å². The summed E-state index contributed by atoms with van der Waals surface area (Å²) in [7, 11) is 0. The number of halogens is 1. The lowest BCUT2D eigenvalue weighted by atomic mass is 9.84. The molecule has 1 aliphatic rings. The Bertz CT molecular complexity index is 808. The van der Waals surface area contributed by atoms with Crippen molar-refractivity contribution < 1.29 is 9.90 Å². The summed E-state index contributed by atoms with van der Waals surface area (Å²) in [6, 6.07) is 7.36. The molecule has 0 bridgehead atoms. The lowest BCUT2D eigenvalue weighted by Gasteiger charge is -2.38. The number of likely N-dealkylation sites (tertiary alicyclic amines) is 1. The fraction of sp³-hybridized carbons (Fsp3) is 0.500. The molecule has 2 heterocycles. The van der Waals surface area contributed by atoms with Crippen molar-refractivity contribution in [2.24, 2.45) is 0 Å². The first-order valence-corrected chi connectivity index (χ1v) is 9.75. The van der Waals surface area contributed by atoms with Crippen LogP contribution in [0.25, 0.3) is 0 Å². The Kier molecular flexibility index (Phi) is 5.89. The molecule has 2 aromatic rings. The van der Waals surface area contributed by atoms with Gasteiger partial charge in [-0.05, 0) is 51.3 Å². The summed E-state index contributed by atoms with van der Waals surface area (Å²) in [5, 5.41) is 19.0. The number of benzene rings is 1. The highest BCUT2D eigenvalue weighted by atomic mass is 35.5. The highest BCUT2D eigenvalue weighted by Gasteiger charge is 2.34. The lowest BCUT2D eigenvalue weighted by molar-refractivity contribution is -0.118. The maximum absolute atomic E-state index is 12.5. The van der Waals surface area contributed by atoms with Crippen LogP contribution in [0, 0.1) is 13.8 Å². The minimum absolute atomic E-state index is 0.0474. The smallest absolute Gasteiger partial charge is 0.238 e. The Hall–Kier alpha value is -1.89. The quantitative estimate of drug-likeness (QED) is 0.823. The fourth-order valence-corrected chi connectivity index (χ4v) is 3.82. The fourth-order valence-electron chi connectivity index (χ4n) is 3.70. The summed E-state index contributed by atoms with van der Waals surface area (Å²) in [4.78, 5) is 14.6. The molecular formula is C20H27ClN4O2. The molecule has 7 heteroatoms. The van der Waals surface area contributed by atoms with Gasteiger partial charge in [0.1, 0.15) is 0 Å². The van der Waals surface area contributed by atoms with Crippen LogP contribution in [-0.4, -0.2) is 45.3 Å². The van der Waals surface area contributed by atoms with Gasteiger partial charge in [-0.25, -0.2) is 0 Å². The van der Waals surface area contributed by atoms with E-state index in [0.717, 1.165) is 29.2 Å². The van der Waals surface area contributed by atoms with Crippen LogP contribution in [0.2, 0.25) is 5.02 Å². The molecule has 1 aromatic carbocycles. The highest BCUT2D eigenvalue weighted by molar-refractivity contribution is 6.30. The predicted molar refractivity (Wildman–Crippen MR) is 107 cm³/mol. The molecule has 2 N–H and O–H groups in total. The second-order valence-electron chi connectivity index (χ2n) is 7.22. The van der Waals surface area contributed by atoms with Gasteiger partial charge in [0.05, 0.1) is 29.2 Å². The van der Waals surface area contributed by atoms with E-state index in [9.17, 15) is 9.90 Å². The van der Waals surface area contributed by atoms with E-state index in [0.29, 0.717) is 37.5 Å². The predicted octanol–water partition coefficient (Wildman–Crippen LogP) is 3.10. The van der Waals surface area contributed by atoms with Crippen LogP contribution >= 0.6 is 11.6 Å². The molecule has 1 saturated heterocycles. The van der Waals surface area contributed by atoms with Crippen molar-refractivity contribution in [3.05, 3.63) is 46.2 Å². The molecule has 6 nitrogen and oxygen atoms in total. The number of amides is 1. The molecule has 0 spiro atoms. The van der Waals surface area contributed by atoms with Gasteiger partial charge in [0, 0.05) is 24.7 Å². The van der Waals surface area contributed by atoms with Crippen molar-refractivity contribution >= 4 is 23.2 Å². The first-order chi connectivity index (χ1) is 12.8. The molecule has 0 radical (unpaired) electrons. The van der Waals surface area contributed by atoms with Crippen molar-refractivity contribution in [2.75, 3.05) is 25.0 Å². The van der Waals surface area contributed by atoms with Crippen molar-refractivity contribution in [1.82, 2.24) is 14.7 Å². The summed E-state index contributed by atoms with van der Waals surface area (Å²) in [6.07, 6.45) is 1.18. The average molecular weight is 391 g/mol. The molecule has 3 rings (SSSR count). The monoisotopic (exact) mass is 390 g/mol. The van der Waals surface area contributed by atoms with E-state index >= 15 is 0 Å². The van der Waals surface area contributed by atoms with Gasteiger partial charge >= 0.3 is 0 Å². The third-order valence-electron chi connectivity index (χ3n) is 5.38. The number of carbonyl (C=O) groups excluding carboxylic acids is 1. The largest absolute Gasteiger partial charge is 0.385 e. The standard InChI is InChI=1S/C20H27ClN4O2/c1-4-25-15(3)19(14(2)23-25)22-18(26)13-24-11-9-20(27,10-12-24)16-5-7-17(21)8-6-16/h5-8,27H,4,9-13H2,1-3H3,(H,22,26). The minimum Gasteiger partial charge on any atom is -0.385 e. The first kappa shape index (κ1) is 19.9. The molecule has 1 aromatic heterocycles. The number of aliphatic hydroxyl groups is 1. The van der Waals surface area contributed by atoms with Gasteiger partial charge < -0.3 is 10.4 Å². The maximum Gasteiger partial charge on any atom is 0.238 e. The van der Waals surface area contributed by atoms with Crippen LogP contribution in [0.15, 0.2) is 24.3 Å². The number of anilines is 1. The zero-order valence-corrected chi connectivity index (χ0v) is 16.9. The second kappa shape index (κ2) is 8.00. The Balaban J connectivity index is 1.57. The summed E-state index contributed by atoms with van der Waals surface area (Å²) >= 11 is 5.94.